The van der Waals surface area contributed by atoms with Crippen LogP contribution in [-0.4, -0.2) is 9.91 Å². The van der Waals surface area contributed by atoms with Crippen LogP contribution in [0.3, 0.4) is 0 Å². The van der Waals surface area contributed by atoms with Crippen LogP contribution in [0.25, 0.3) is 33.3 Å². The number of rotatable bonds is 3. The van der Waals surface area contributed by atoms with Crippen molar-refractivity contribution in [3.05, 3.63) is 94.8 Å². The summed E-state index contributed by atoms with van der Waals surface area (Å²) in [5, 5.41) is 11.6. The van der Waals surface area contributed by atoms with Crippen LogP contribution in [0.1, 0.15) is 0 Å². The van der Waals surface area contributed by atoms with Crippen molar-refractivity contribution in [2.45, 2.75) is 0 Å². The summed E-state index contributed by atoms with van der Waals surface area (Å²) < 4.78 is 15.5. The first-order valence-electron chi connectivity index (χ1n) is 8.03. The number of hydrogen-bond donors (Lipinski definition) is 0. The molecule has 4 rings (SSSR count). The highest BCUT2D eigenvalue weighted by Gasteiger charge is 2.19. The van der Waals surface area contributed by atoms with E-state index in [-0.39, 0.29) is 11.4 Å². The van der Waals surface area contributed by atoms with Crippen molar-refractivity contribution < 1.29 is 9.31 Å². The van der Waals surface area contributed by atoms with E-state index >= 15 is 4.39 Å². The fourth-order valence-electron chi connectivity index (χ4n) is 3.02. The molecule has 4 aromatic rings. The first kappa shape index (κ1) is 15.9. The highest BCUT2D eigenvalue weighted by atomic mass is 19.1. The third kappa shape index (κ3) is 2.69. The van der Waals surface area contributed by atoms with Crippen LogP contribution in [0, 0.1) is 15.9 Å². The van der Waals surface area contributed by atoms with Crippen LogP contribution in [0.5, 0.6) is 0 Å². The summed E-state index contributed by atoms with van der Waals surface area (Å²) >= 11 is 0. The molecule has 0 radical (unpaired) electrons. The van der Waals surface area contributed by atoms with Gasteiger partial charge in [-0.1, -0.05) is 60.7 Å². The van der Waals surface area contributed by atoms with Crippen molar-refractivity contribution in [3.8, 4) is 22.4 Å². The van der Waals surface area contributed by atoms with E-state index in [0.717, 1.165) is 0 Å². The second-order valence-corrected chi connectivity index (χ2v) is 5.84. The third-order valence-electron chi connectivity index (χ3n) is 4.23. The van der Waals surface area contributed by atoms with E-state index in [1.807, 2.05) is 24.3 Å². The van der Waals surface area contributed by atoms with Crippen molar-refractivity contribution >= 4 is 16.6 Å². The van der Waals surface area contributed by atoms with Crippen molar-refractivity contribution in [2.24, 2.45) is 0 Å². The highest BCUT2D eigenvalue weighted by Crippen LogP contribution is 2.36. The minimum Gasteiger partial charge on any atom is -0.258 e. The zero-order chi connectivity index (χ0) is 18.1. The van der Waals surface area contributed by atoms with Crippen LogP contribution >= 0.6 is 0 Å². The first-order valence-corrected chi connectivity index (χ1v) is 8.03. The van der Waals surface area contributed by atoms with E-state index < -0.39 is 10.7 Å². The number of aromatic nitrogens is 1. The number of halogens is 1. The molecule has 0 atom stereocenters. The van der Waals surface area contributed by atoms with Crippen molar-refractivity contribution in [2.75, 3.05) is 0 Å². The lowest BCUT2D eigenvalue weighted by Crippen LogP contribution is -1.97. The molecular weight excluding hydrogens is 331 g/mol. The zero-order valence-electron chi connectivity index (χ0n) is 13.6. The van der Waals surface area contributed by atoms with Gasteiger partial charge in [0.1, 0.15) is 5.69 Å². The molecule has 5 heteroatoms. The average molecular weight is 344 g/mol. The lowest BCUT2D eigenvalue weighted by atomic mass is 9.97. The van der Waals surface area contributed by atoms with E-state index in [1.165, 1.54) is 12.1 Å². The smallest absolute Gasteiger partial charge is 0.258 e. The fraction of sp³-hybridized carbons (Fsp3) is 0. The van der Waals surface area contributed by atoms with Crippen molar-refractivity contribution in [1.82, 2.24) is 4.98 Å². The van der Waals surface area contributed by atoms with Crippen LogP contribution in [0.2, 0.25) is 0 Å². The average Bonchev–Trinajstić information content (AvgIpc) is 2.68. The predicted octanol–water partition coefficient (Wildman–Crippen LogP) is 5.62. The predicted molar refractivity (Wildman–Crippen MR) is 99.2 cm³/mol. The van der Waals surface area contributed by atoms with Gasteiger partial charge in [0.25, 0.3) is 5.69 Å². The van der Waals surface area contributed by atoms with Gasteiger partial charge in [0.05, 0.1) is 10.4 Å². The molecule has 0 saturated carbocycles. The molecule has 1 heterocycles. The summed E-state index contributed by atoms with van der Waals surface area (Å²) in [7, 11) is 0. The number of benzene rings is 3. The van der Waals surface area contributed by atoms with Gasteiger partial charge in [-0.15, -0.1) is 0 Å². The highest BCUT2D eigenvalue weighted by molar-refractivity contribution is 5.98. The summed E-state index contributed by atoms with van der Waals surface area (Å²) in [6.45, 7) is 0. The Hall–Kier alpha value is -3.60. The fourth-order valence-corrected chi connectivity index (χ4v) is 3.02. The Balaban J connectivity index is 2.10. The molecule has 0 N–H and O–H groups in total. The molecule has 126 valence electrons. The Morgan fingerprint density at radius 3 is 2.08 bits per heavy atom. The summed E-state index contributed by atoms with van der Waals surface area (Å²) in [6.07, 6.45) is 0. The maximum atomic E-state index is 15.5. The van der Waals surface area contributed by atoms with Crippen LogP contribution in [0.4, 0.5) is 10.1 Å². The van der Waals surface area contributed by atoms with Crippen molar-refractivity contribution in [3.63, 3.8) is 0 Å². The number of fused-ring (bicyclic) bond motifs is 1. The molecule has 0 bridgehead atoms. The summed E-state index contributed by atoms with van der Waals surface area (Å²) in [6, 6.07) is 22.4. The molecule has 26 heavy (non-hydrogen) atoms. The minimum atomic E-state index is -0.490. The number of nitro benzene ring substituents is 1. The van der Waals surface area contributed by atoms with Crippen LogP contribution in [-0.2, 0) is 0 Å². The molecular formula is C21H13FN2O2. The van der Waals surface area contributed by atoms with Gasteiger partial charge in [0.2, 0.25) is 0 Å². The molecule has 0 saturated heterocycles. The van der Waals surface area contributed by atoms with E-state index in [9.17, 15) is 10.1 Å². The molecule has 0 aliphatic rings. The van der Waals surface area contributed by atoms with Crippen LogP contribution < -0.4 is 0 Å². The van der Waals surface area contributed by atoms with E-state index in [2.05, 4.69) is 4.98 Å². The number of hydrogen-bond acceptors (Lipinski definition) is 3. The number of pyridine rings is 1. The molecule has 0 unspecified atom stereocenters. The quantitative estimate of drug-likeness (QED) is 0.358. The SMILES string of the molecule is O=[N+]([O-])c1ccc2nc(-c3ccccc3)c(F)c(-c3ccccc3)c2c1. The molecule has 0 spiro atoms. The van der Waals surface area contributed by atoms with Gasteiger partial charge in [0.15, 0.2) is 5.82 Å². The minimum absolute atomic E-state index is 0.0941. The van der Waals surface area contributed by atoms with Gasteiger partial charge in [-0.3, -0.25) is 10.1 Å². The second kappa shape index (κ2) is 6.37. The Morgan fingerprint density at radius 1 is 0.846 bits per heavy atom. The van der Waals surface area contributed by atoms with Gasteiger partial charge in [-0.05, 0) is 11.6 Å². The normalized spacial score (nSPS) is 10.8. The van der Waals surface area contributed by atoms with Gasteiger partial charge in [-0.25, -0.2) is 9.37 Å². The van der Waals surface area contributed by atoms with Gasteiger partial charge in [-0.2, -0.15) is 0 Å². The maximum Gasteiger partial charge on any atom is 0.270 e. The van der Waals surface area contributed by atoms with Gasteiger partial charge >= 0.3 is 0 Å². The molecule has 0 aliphatic carbocycles. The molecule has 0 fully saturated rings. The summed E-state index contributed by atoms with van der Waals surface area (Å²) in [5.41, 5.74) is 2.26. The van der Waals surface area contributed by atoms with E-state index in [4.69, 9.17) is 0 Å². The lowest BCUT2D eigenvalue weighted by Gasteiger charge is -2.12. The molecule has 0 aliphatic heterocycles. The number of nitro groups is 1. The molecule has 1 aromatic heterocycles. The topological polar surface area (TPSA) is 56.0 Å². The molecule has 3 aromatic carbocycles. The monoisotopic (exact) mass is 344 g/mol. The van der Waals surface area contributed by atoms with Gasteiger partial charge < -0.3 is 0 Å². The maximum absolute atomic E-state index is 15.5. The van der Waals surface area contributed by atoms with Gasteiger partial charge in [0, 0.05) is 28.6 Å². The second-order valence-electron chi connectivity index (χ2n) is 5.84. The standard InChI is InChI=1S/C21H13FN2O2/c22-20-19(14-7-3-1-4-8-14)17-13-16(24(25)26)11-12-18(17)23-21(20)15-9-5-2-6-10-15/h1-13H. The Morgan fingerprint density at radius 2 is 1.46 bits per heavy atom. The van der Waals surface area contributed by atoms with E-state index in [0.29, 0.717) is 27.6 Å². The largest absolute Gasteiger partial charge is 0.270 e. The van der Waals surface area contributed by atoms with Crippen molar-refractivity contribution in [1.29, 1.82) is 0 Å². The Bertz CT molecular complexity index is 1110. The van der Waals surface area contributed by atoms with Crippen LogP contribution in [0.15, 0.2) is 78.9 Å². The third-order valence-corrected chi connectivity index (χ3v) is 4.23. The Labute approximate surface area is 148 Å². The number of non-ortho nitro benzene ring substituents is 1. The number of nitrogens with zero attached hydrogens (tertiary/aromatic N) is 2. The summed E-state index contributed by atoms with van der Waals surface area (Å²) in [5.74, 6) is -0.490. The Kier molecular flexibility index (Phi) is 3.89. The molecule has 0 amide bonds. The first-order chi connectivity index (χ1) is 12.6. The lowest BCUT2D eigenvalue weighted by molar-refractivity contribution is -0.384. The molecule has 4 nitrogen and oxygen atoms in total. The summed E-state index contributed by atoms with van der Waals surface area (Å²) in [4.78, 5) is 15.1. The zero-order valence-corrected chi connectivity index (χ0v) is 13.6. The van der Waals surface area contributed by atoms with E-state index in [1.54, 1.807) is 42.5 Å².